The molecule has 0 unspecified atom stereocenters. The van der Waals surface area contributed by atoms with Crippen LogP contribution in [0.3, 0.4) is 0 Å². The molecule has 0 bridgehead atoms. The van der Waals surface area contributed by atoms with Crippen molar-refractivity contribution in [3.8, 4) is 0 Å². The van der Waals surface area contributed by atoms with E-state index in [0.29, 0.717) is 0 Å². The lowest BCUT2D eigenvalue weighted by atomic mass is 10.2. The zero-order chi connectivity index (χ0) is 16.8. The SMILES string of the molecule is Cc1ccccc1Nc1ccc(NC(=O)Nc2ccccc2)cc1. The van der Waals surface area contributed by atoms with Gasteiger partial charge >= 0.3 is 6.03 Å². The van der Waals surface area contributed by atoms with Gasteiger partial charge in [-0.3, -0.25) is 0 Å². The first-order valence-corrected chi connectivity index (χ1v) is 7.76. The number of carbonyl (C=O) groups excluding carboxylic acids is 1. The highest BCUT2D eigenvalue weighted by molar-refractivity contribution is 5.99. The fourth-order valence-corrected chi connectivity index (χ4v) is 2.32. The summed E-state index contributed by atoms with van der Waals surface area (Å²) in [5.41, 5.74) is 4.71. The summed E-state index contributed by atoms with van der Waals surface area (Å²) in [5.74, 6) is 0. The summed E-state index contributed by atoms with van der Waals surface area (Å²) in [5, 5.41) is 8.97. The van der Waals surface area contributed by atoms with Crippen LogP contribution < -0.4 is 16.0 Å². The Morgan fingerprint density at radius 1 is 0.667 bits per heavy atom. The molecule has 4 nitrogen and oxygen atoms in total. The van der Waals surface area contributed by atoms with Gasteiger partial charge in [-0.05, 0) is 55.0 Å². The minimum Gasteiger partial charge on any atom is -0.355 e. The maximum Gasteiger partial charge on any atom is 0.323 e. The predicted octanol–water partition coefficient (Wildman–Crippen LogP) is 5.38. The maximum atomic E-state index is 12.0. The molecule has 0 fully saturated rings. The molecule has 0 radical (unpaired) electrons. The normalized spacial score (nSPS) is 10.0. The van der Waals surface area contributed by atoms with Crippen LogP contribution in [0.5, 0.6) is 0 Å². The smallest absolute Gasteiger partial charge is 0.323 e. The molecule has 3 N–H and O–H groups in total. The zero-order valence-corrected chi connectivity index (χ0v) is 13.4. The molecule has 4 heteroatoms. The van der Waals surface area contributed by atoms with Crippen LogP contribution in [0.25, 0.3) is 0 Å². The van der Waals surface area contributed by atoms with E-state index >= 15 is 0 Å². The second-order valence-corrected chi connectivity index (χ2v) is 5.46. The molecule has 0 heterocycles. The molecule has 3 aromatic rings. The molecule has 0 spiro atoms. The first kappa shape index (κ1) is 15.6. The van der Waals surface area contributed by atoms with Gasteiger partial charge in [0.25, 0.3) is 0 Å². The van der Waals surface area contributed by atoms with E-state index in [1.54, 1.807) is 0 Å². The number of nitrogens with one attached hydrogen (secondary N) is 3. The summed E-state index contributed by atoms with van der Waals surface area (Å²) in [4.78, 5) is 12.0. The standard InChI is InChI=1S/C20H19N3O/c1-15-7-5-6-10-19(15)21-17-11-13-18(14-12-17)23-20(24)22-16-8-3-2-4-9-16/h2-14,21H,1H3,(H2,22,23,24). The number of benzene rings is 3. The van der Waals surface area contributed by atoms with Crippen molar-refractivity contribution in [1.29, 1.82) is 0 Å². The van der Waals surface area contributed by atoms with Gasteiger partial charge in [0.1, 0.15) is 0 Å². The lowest BCUT2D eigenvalue weighted by molar-refractivity contribution is 0.262. The van der Waals surface area contributed by atoms with Crippen LogP contribution in [0.2, 0.25) is 0 Å². The van der Waals surface area contributed by atoms with Crippen LogP contribution in [0.1, 0.15) is 5.56 Å². The lowest BCUT2D eigenvalue weighted by Gasteiger charge is -2.11. The van der Waals surface area contributed by atoms with E-state index in [0.717, 1.165) is 22.7 Å². The van der Waals surface area contributed by atoms with Crippen molar-refractivity contribution >= 4 is 28.8 Å². The van der Waals surface area contributed by atoms with Crippen molar-refractivity contribution < 1.29 is 4.79 Å². The van der Waals surface area contributed by atoms with E-state index in [9.17, 15) is 4.79 Å². The highest BCUT2D eigenvalue weighted by atomic mass is 16.2. The number of hydrogen-bond acceptors (Lipinski definition) is 2. The summed E-state index contributed by atoms with van der Waals surface area (Å²) in [6, 6.07) is 24.8. The molecule has 0 aliphatic rings. The van der Waals surface area contributed by atoms with Crippen molar-refractivity contribution in [2.75, 3.05) is 16.0 Å². The first-order valence-electron chi connectivity index (χ1n) is 7.76. The molecule has 3 aromatic carbocycles. The minimum atomic E-state index is -0.263. The monoisotopic (exact) mass is 317 g/mol. The molecule has 120 valence electrons. The fraction of sp³-hybridized carbons (Fsp3) is 0.0500. The van der Waals surface area contributed by atoms with Gasteiger partial charge in [-0.2, -0.15) is 0 Å². The molecule has 2 amide bonds. The zero-order valence-electron chi connectivity index (χ0n) is 13.4. The molecule has 24 heavy (non-hydrogen) atoms. The predicted molar refractivity (Wildman–Crippen MR) is 100.0 cm³/mol. The topological polar surface area (TPSA) is 53.2 Å². The molecule has 3 rings (SSSR count). The summed E-state index contributed by atoms with van der Waals surface area (Å²) in [6.45, 7) is 2.06. The quantitative estimate of drug-likeness (QED) is 0.605. The Kier molecular flexibility index (Phi) is 4.77. The van der Waals surface area contributed by atoms with Crippen molar-refractivity contribution in [3.05, 3.63) is 84.4 Å². The van der Waals surface area contributed by atoms with Crippen LogP contribution in [0.15, 0.2) is 78.9 Å². The average molecular weight is 317 g/mol. The summed E-state index contributed by atoms with van der Waals surface area (Å²) < 4.78 is 0. The summed E-state index contributed by atoms with van der Waals surface area (Å²) in [6.07, 6.45) is 0. The van der Waals surface area contributed by atoms with E-state index in [4.69, 9.17) is 0 Å². The highest BCUT2D eigenvalue weighted by Gasteiger charge is 2.03. The third-order valence-electron chi connectivity index (χ3n) is 3.60. The average Bonchev–Trinajstić information content (AvgIpc) is 2.59. The molecular formula is C20H19N3O. The Balaban J connectivity index is 1.60. The third kappa shape index (κ3) is 4.14. The molecule has 0 atom stereocenters. The van der Waals surface area contributed by atoms with Crippen LogP contribution in [-0.4, -0.2) is 6.03 Å². The second-order valence-electron chi connectivity index (χ2n) is 5.46. The van der Waals surface area contributed by atoms with Crippen molar-refractivity contribution in [3.63, 3.8) is 0 Å². The van der Waals surface area contributed by atoms with Crippen molar-refractivity contribution in [2.45, 2.75) is 6.92 Å². The number of aryl methyl sites for hydroxylation is 1. The third-order valence-corrected chi connectivity index (χ3v) is 3.60. The van der Waals surface area contributed by atoms with Gasteiger partial charge in [-0.25, -0.2) is 4.79 Å². The van der Waals surface area contributed by atoms with E-state index in [1.165, 1.54) is 5.56 Å². The lowest BCUT2D eigenvalue weighted by Crippen LogP contribution is -2.19. The van der Waals surface area contributed by atoms with E-state index < -0.39 is 0 Å². The van der Waals surface area contributed by atoms with Gasteiger partial charge in [-0.15, -0.1) is 0 Å². The largest absolute Gasteiger partial charge is 0.355 e. The van der Waals surface area contributed by atoms with Crippen LogP contribution >= 0.6 is 0 Å². The summed E-state index contributed by atoms with van der Waals surface area (Å²) >= 11 is 0. The number of para-hydroxylation sites is 2. The van der Waals surface area contributed by atoms with Gasteiger partial charge in [-0.1, -0.05) is 36.4 Å². The first-order chi connectivity index (χ1) is 11.7. The summed E-state index contributed by atoms with van der Waals surface area (Å²) in [7, 11) is 0. The van der Waals surface area contributed by atoms with E-state index in [-0.39, 0.29) is 6.03 Å². The number of urea groups is 1. The molecule has 0 saturated carbocycles. The number of rotatable bonds is 4. The minimum absolute atomic E-state index is 0.263. The molecule has 0 aliphatic carbocycles. The fourth-order valence-electron chi connectivity index (χ4n) is 2.32. The van der Waals surface area contributed by atoms with Crippen LogP contribution in [-0.2, 0) is 0 Å². The number of amides is 2. The Bertz CT molecular complexity index is 814. The van der Waals surface area contributed by atoms with E-state index in [1.807, 2.05) is 72.8 Å². The van der Waals surface area contributed by atoms with Crippen molar-refractivity contribution in [1.82, 2.24) is 0 Å². The Morgan fingerprint density at radius 3 is 1.88 bits per heavy atom. The van der Waals surface area contributed by atoms with Crippen molar-refractivity contribution in [2.24, 2.45) is 0 Å². The molecule has 0 aliphatic heterocycles. The Morgan fingerprint density at radius 2 is 1.21 bits per heavy atom. The molecule has 0 aromatic heterocycles. The molecular weight excluding hydrogens is 298 g/mol. The maximum absolute atomic E-state index is 12.0. The van der Waals surface area contributed by atoms with E-state index in [2.05, 4.69) is 28.9 Å². The Labute approximate surface area is 141 Å². The number of carbonyl (C=O) groups is 1. The molecule has 0 saturated heterocycles. The van der Waals surface area contributed by atoms with Crippen LogP contribution in [0, 0.1) is 6.92 Å². The van der Waals surface area contributed by atoms with Gasteiger partial charge in [0.15, 0.2) is 0 Å². The number of anilines is 4. The van der Waals surface area contributed by atoms with Gasteiger partial charge < -0.3 is 16.0 Å². The Hall–Kier alpha value is -3.27. The number of hydrogen-bond donors (Lipinski definition) is 3. The second kappa shape index (κ2) is 7.33. The van der Waals surface area contributed by atoms with Gasteiger partial charge in [0, 0.05) is 22.7 Å². The van der Waals surface area contributed by atoms with Gasteiger partial charge in [0.2, 0.25) is 0 Å². The van der Waals surface area contributed by atoms with Gasteiger partial charge in [0.05, 0.1) is 0 Å². The highest BCUT2D eigenvalue weighted by Crippen LogP contribution is 2.21. The van der Waals surface area contributed by atoms with Crippen LogP contribution in [0.4, 0.5) is 27.5 Å².